The number of hydrogen-bond acceptors (Lipinski definition) is 3. The third-order valence-corrected chi connectivity index (χ3v) is 7.28. The summed E-state index contributed by atoms with van der Waals surface area (Å²) in [7, 11) is 0. The second kappa shape index (κ2) is 8.55. The first-order valence-electron chi connectivity index (χ1n) is 11.2. The maximum Gasteiger partial charge on any atom is 0.248 e. The van der Waals surface area contributed by atoms with Gasteiger partial charge in [0, 0.05) is 6.54 Å². The molecule has 160 valence electrons. The smallest absolute Gasteiger partial charge is 0.248 e. The van der Waals surface area contributed by atoms with Crippen molar-refractivity contribution < 1.29 is 9.53 Å². The minimum atomic E-state index is -0.305. The third kappa shape index (κ3) is 4.16. The van der Waals surface area contributed by atoms with Crippen LogP contribution in [0.1, 0.15) is 42.0 Å². The van der Waals surface area contributed by atoms with Gasteiger partial charge in [0.05, 0.1) is 6.61 Å². The zero-order chi connectivity index (χ0) is 21.4. The Hall–Kier alpha value is -2.52. The number of hydrogen-bond donors (Lipinski definition) is 0. The van der Waals surface area contributed by atoms with E-state index < -0.39 is 0 Å². The molecule has 0 radical (unpaired) electrons. The van der Waals surface area contributed by atoms with E-state index in [1.165, 1.54) is 46.2 Å². The summed E-state index contributed by atoms with van der Waals surface area (Å²) in [5, 5.41) is -0.305. The first-order valence-corrected chi connectivity index (χ1v) is 11.6. The summed E-state index contributed by atoms with van der Waals surface area (Å²) in [4.78, 5) is 13.5. The van der Waals surface area contributed by atoms with E-state index in [0.29, 0.717) is 5.92 Å². The zero-order valence-electron chi connectivity index (χ0n) is 17.9. The SMILES string of the molecule is CC1=C(CN2C=CC2C(=O)Cl)CCc2cc(OCCC3Cc4ccccc4C3)ccc21. The van der Waals surface area contributed by atoms with Crippen LogP contribution in [0.15, 0.2) is 60.3 Å². The normalized spacial score (nSPS) is 19.8. The van der Waals surface area contributed by atoms with Crippen molar-refractivity contribution in [2.45, 2.75) is 45.1 Å². The number of aryl methyl sites for hydroxylation is 1. The summed E-state index contributed by atoms with van der Waals surface area (Å²) in [6.07, 6.45) is 9.29. The van der Waals surface area contributed by atoms with Crippen LogP contribution < -0.4 is 4.74 Å². The Morgan fingerprint density at radius 1 is 1.10 bits per heavy atom. The Balaban J connectivity index is 1.18. The maximum atomic E-state index is 11.5. The molecule has 3 nitrogen and oxygen atoms in total. The molecule has 4 heteroatoms. The molecule has 1 aliphatic heterocycles. The summed E-state index contributed by atoms with van der Waals surface area (Å²) < 4.78 is 6.14. The predicted octanol–water partition coefficient (Wildman–Crippen LogP) is 5.55. The van der Waals surface area contributed by atoms with Crippen LogP contribution in [-0.2, 0) is 24.1 Å². The van der Waals surface area contributed by atoms with Gasteiger partial charge in [0.1, 0.15) is 11.8 Å². The summed E-state index contributed by atoms with van der Waals surface area (Å²) in [6, 6.07) is 15.0. The van der Waals surface area contributed by atoms with Gasteiger partial charge < -0.3 is 9.64 Å². The van der Waals surface area contributed by atoms with E-state index in [9.17, 15) is 4.79 Å². The number of carbonyl (C=O) groups excluding carboxylic acids is 1. The van der Waals surface area contributed by atoms with Gasteiger partial charge in [0.2, 0.25) is 5.24 Å². The third-order valence-electron chi connectivity index (χ3n) is 7.06. The van der Waals surface area contributed by atoms with E-state index in [1.807, 2.05) is 17.2 Å². The number of benzene rings is 2. The van der Waals surface area contributed by atoms with Crippen molar-refractivity contribution in [3.63, 3.8) is 0 Å². The highest BCUT2D eigenvalue weighted by atomic mass is 35.5. The number of halogens is 1. The number of nitrogens with zero attached hydrogens (tertiary/aromatic N) is 1. The largest absolute Gasteiger partial charge is 0.494 e. The van der Waals surface area contributed by atoms with Gasteiger partial charge in [-0.1, -0.05) is 30.3 Å². The molecule has 2 aromatic carbocycles. The first kappa shape index (κ1) is 20.4. The van der Waals surface area contributed by atoms with Crippen molar-refractivity contribution in [1.29, 1.82) is 0 Å². The molecule has 2 aliphatic carbocycles. The van der Waals surface area contributed by atoms with E-state index in [4.69, 9.17) is 16.3 Å². The highest BCUT2D eigenvalue weighted by Gasteiger charge is 2.28. The molecule has 1 heterocycles. The molecule has 0 spiro atoms. The molecule has 0 fully saturated rings. The second-order valence-corrected chi connectivity index (χ2v) is 9.36. The quantitative estimate of drug-likeness (QED) is 0.536. The molecule has 0 bridgehead atoms. The van der Waals surface area contributed by atoms with Gasteiger partial charge >= 0.3 is 0 Å². The first-order chi connectivity index (χ1) is 15.1. The van der Waals surface area contributed by atoms with Gasteiger partial charge in [-0.3, -0.25) is 4.79 Å². The highest BCUT2D eigenvalue weighted by molar-refractivity contribution is 6.65. The summed E-state index contributed by atoms with van der Waals surface area (Å²) in [5.74, 6) is 1.67. The molecular formula is C27H28ClNO2. The molecule has 0 aromatic heterocycles. The Labute approximate surface area is 189 Å². The minimum absolute atomic E-state index is 0.271. The Morgan fingerprint density at radius 3 is 2.55 bits per heavy atom. The van der Waals surface area contributed by atoms with Crippen LogP contribution in [0, 0.1) is 5.92 Å². The fraction of sp³-hybridized carbons (Fsp3) is 0.370. The average Bonchev–Trinajstić information content (AvgIpc) is 3.15. The van der Waals surface area contributed by atoms with Crippen LogP contribution >= 0.6 is 11.6 Å². The molecule has 3 aliphatic rings. The van der Waals surface area contributed by atoms with Crippen LogP contribution in [0.2, 0.25) is 0 Å². The molecule has 1 atom stereocenters. The lowest BCUT2D eigenvalue weighted by molar-refractivity contribution is -0.115. The Morgan fingerprint density at radius 2 is 1.87 bits per heavy atom. The van der Waals surface area contributed by atoms with E-state index in [-0.39, 0.29) is 11.3 Å². The van der Waals surface area contributed by atoms with Gasteiger partial charge in [-0.15, -0.1) is 0 Å². The van der Waals surface area contributed by atoms with E-state index in [2.05, 4.69) is 49.4 Å². The molecule has 0 saturated carbocycles. The summed E-state index contributed by atoms with van der Waals surface area (Å²) >= 11 is 5.67. The van der Waals surface area contributed by atoms with Crippen molar-refractivity contribution in [2.75, 3.05) is 13.2 Å². The van der Waals surface area contributed by atoms with Gasteiger partial charge in [0.15, 0.2) is 0 Å². The maximum absolute atomic E-state index is 11.5. The van der Waals surface area contributed by atoms with Crippen molar-refractivity contribution >= 4 is 22.4 Å². The van der Waals surface area contributed by atoms with Crippen LogP contribution in [-0.4, -0.2) is 29.3 Å². The second-order valence-electron chi connectivity index (χ2n) is 8.99. The van der Waals surface area contributed by atoms with Crippen LogP contribution in [0.25, 0.3) is 5.57 Å². The minimum Gasteiger partial charge on any atom is -0.494 e. The summed E-state index contributed by atoms with van der Waals surface area (Å²) in [5.41, 5.74) is 8.38. The van der Waals surface area contributed by atoms with E-state index >= 15 is 0 Å². The van der Waals surface area contributed by atoms with Gasteiger partial charge in [-0.05, 0) is 114 Å². The number of fused-ring (bicyclic) bond motifs is 2. The molecule has 0 amide bonds. The van der Waals surface area contributed by atoms with Crippen LogP contribution in [0.4, 0.5) is 0 Å². The molecule has 5 rings (SSSR count). The Bertz CT molecular complexity index is 1050. The van der Waals surface area contributed by atoms with Gasteiger partial charge in [0.25, 0.3) is 0 Å². The molecule has 31 heavy (non-hydrogen) atoms. The lowest BCUT2D eigenvalue weighted by Crippen LogP contribution is -2.42. The number of carbonyl (C=O) groups is 1. The standard InChI is InChI=1S/C27H28ClNO2/c1-18-23(17-29-12-10-26(29)27(28)30)7-6-22-16-24(8-9-25(18)22)31-13-11-19-14-20-4-2-3-5-21(20)15-19/h2-5,8-10,12,16,19,26H,6-7,11,13-15,17H2,1H3. The molecule has 2 aromatic rings. The van der Waals surface area contributed by atoms with Crippen molar-refractivity contribution in [2.24, 2.45) is 5.92 Å². The zero-order valence-corrected chi connectivity index (χ0v) is 18.7. The average molecular weight is 434 g/mol. The predicted molar refractivity (Wildman–Crippen MR) is 125 cm³/mol. The van der Waals surface area contributed by atoms with Gasteiger partial charge in [-0.25, -0.2) is 0 Å². The molecule has 0 saturated heterocycles. The fourth-order valence-electron chi connectivity index (χ4n) is 5.16. The van der Waals surface area contributed by atoms with E-state index in [1.54, 1.807) is 0 Å². The van der Waals surface area contributed by atoms with Crippen molar-refractivity contribution in [3.05, 3.63) is 82.6 Å². The van der Waals surface area contributed by atoms with Crippen LogP contribution in [0.5, 0.6) is 5.75 Å². The number of allylic oxidation sites excluding steroid dienone is 1. The van der Waals surface area contributed by atoms with Crippen LogP contribution in [0.3, 0.4) is 0 Å². The topological polar surface area (TPSA) is 29.5 Å². The summed E-state index contributed by atoms with van der Waals surface area (Å²) in [6.45, 7) is 3.73. The Kier molecular flexibility index (Phi) is 5.62. The molecule has 1 unspecified atom stereocenters. The lowest BCUT2D eigenvalue weighted by atomic mass is 9.85. The number of rotatable bonds is 7. The molecule has 0 N–H and O–H groups in total. The number of ether oxygens (including phenoxy) is 1. The van der Waals surface area contributed by atoms with Crippen molar-refractivity contribution in [3.8, 4) is 5.75 Å². The van der Waals surface area contributed by atoms with Gasteiger partial charge in [-0.2, -0.15) is 0 Å². The van der Waals surface area contributed by atoms with Crippen molar-refractivity contribution in [1.82, 2.24) is 4.90 Å². The lowest BCUT2D eigenvalue weighted by Gasteiger charge is -2.35. The fourth-order valence-corrected chi connectivity index (χ4v) is 5.36. The van der Waals surface area contributed by atoms with E-state index in [0.717, 1.165) is 38.2 Å². The monoisotopic (exact) mass is 433 g/mol. The highest BCUT2D eigenvalue weighted by Crippen LogP contribution is 2.35. The molecular weight excluding hydrogens is 406 g/mol.